The molecular formula is C12H15NO3. The van der Waals surface area contributed by atoms with Crippen molar-refractivity contribution in [1.29, 1.82) is 0 Å². The molecule has 1 aromatic carbocycles. The van der Waals surface area contributed by atoms with E-state index in [0.717, 1.165) is 12.8 Å². The van der Waals surface area contributed by atoms with Crippen LogP contribution in [-0.4, -0.2) is 34.9 Å². The third kappa shape index (κ3) is 2.23. The fourth-order valence-electron chi connectivity index (χ4n) is 2.16. The molecule has 0 aromatic heterocycles. The molecule has 0 unspecified atom stereocenters. The van der Waals surface area contributed by atoms with Gasteiger partial charge in [0.15, 0.2) is 0 Å². The van der Waals surface area contributed by atoms with Crippen molar-refractivity contribution in [2.75, 3.05) is 6.61 Å². The zero-order valence-electron chi connectivity index (χ0n) is 8.89. The fraction of sp³-hybridized carbons (Fsp3) is 0.417. The van der Waals surface area contributed by atoms with Crippen LogP contribution in [0.25, 0.3) is 0 Å². The van der Waals surface area contributed by atoms with Crippen molar-refractivity contribution >= 4 is 5.97 Å². The monoisotopic (exact) mass is 221 g/mol. The predicted molar refractivity (Wildman–Crippen MR) is 59.3 cm³/mol. The van der Waals surface area contributed by atoms with Gasteiger partial charge in [0, 0.05) is 6.04 Å². The number of nitrogens with one attached hydrogen (secondary N) is 1. The molecule has 0 saturated heterocycles. The number of fused-ring (bicyclic) bond motifs is 1. The Morgan fingerprint density at radius 1 is 1.38 bits per heavy atom. The molecule has 1 aliphatic rings. The lowest BCUT2D eigenvalue weighted by atomic mass is 10.1. The first-order valence-electron chi connectivity index (χ1n) is 5.37. The lowest BCUT2D eigenvalue weighted by molar-refractivity contribution is -0.140. The first-order chi connectivity index (χ1) is 7.70. The number of hydrogen-bond donors (Lipinski definition) is 3. The Labute approximate surface area is 93.9 Å². The average Bonchev–Trinajstić information content (AvgIpc) is 2.67. The van der Waals surface area contributed by atoms with Crippen LogP contribution in [0.1, 0.15) is 11.1 Å². The maximum Gasteiger partial charge on any atom is 0.323 e. The molecular weight excluding hydrogens is 206 g/mol. The Hall–Kier alpha value is -1.39. The first kappa shape index (κ1) is 11.1. The number of hydrogen-bond acceptors (Lipinski definition) is 3. The summed E-state index contributed by atoms with van der Waals surface area (Å²) in [5.41, 5.74) is 2.53. The second kappa shape index (κ2) is 4.63. The molecule has 0 heterocycles. The van der Waals surface area contributed by atoms with Gasteiger partial charge in [-0.05, 0) is 24.0 Å². The third-order valence-corrected chi connectivity index (χ3v) is 2.97. The molecule has 1 atom stereocenters. The van der Waals surface area contributed by atoms with Crippen LogP contribution in [0.5, 0.6) is 0 Å². The third-order valence-electron chi connectivity index (χ3n) is 2.97. The first-order valence-corrected chi connectivity index (χ1v) is 5.37. The number of carboxylic acid groups (broad SMARTS) is 1. The maximum absolute atomic E-state index is 10.8. The van der Waals surface area contributed by atoms with Crippen molar-refractivity contribution < 1.29 is 15.0 Å². The minimum atomic E-state index is -1.00. The molecule has 0 bridgehead atoms. The van der Waals surface area contributed by atoms with Gasteiger partial charge >= 0.3 is 5.97 Å². The Balaban J connectivity index is 1.99. The Morgan fingerprint density at radius 3 is 2.38 bits per heavy atom. The molecule has 0 saturated carbocycles. The van der Waals surface area contributed by atoms with Crippen molar-refractivity contribution in [2.24, 2.45) is 0 Å². The molecule has 1 aromatic rings. The van der Waals surface area contributed by atoms with E-state index in [0.29, 0.717) is 0 Å². The van der Waals surface area contributed by atoms with Crippen molar-refractivity contribution in [3.05, 3.63) is 35.4 Å². The summed E-state index contributed by atoms with van der Waals surface area (Å²) in [4.78, 5) is 10.8. The van der Waals surface area contributed by atoms with Crippen molar-refractivity contribution in [3.63, 3.8) is 0 Å². The van der Waals surface area contributed by atoms with Gasteiger partial charge in [-0.3, -0.25) is 10.1 Å². The van der Waals surface area contributed by atoms with E-state index in [1.165, 1.54) is 11.1 Å². The zero-order valence-corrected chi connectivity index (χ0v) is 8.89. The molecule has 0 spiro atoms. The van der Waals surface area contributed by atoms with Gasteiger partial charge in [-0.2, -0.15) is 0 Å². The molecule has 3 N–H and O–H groups in total. The summed E-state index contributed by atoms with van der Waals surface area (Å²) in [5.74, 6) is -1.00. The van der Waals surface area contributed by atoms with Gasteiger partial charge in [-0.1, -0.05) is 24.3 Å². The molecule has 4 nitrogen and oxygen atoms in total. The highest BCUT2D eigenvalue weighted by molar-refractivity contribution is 5.73. The summed E-state index contributed by atoms with van der Waals surface area (Å²) in [6.45, 7) is -0.373. The Morgan fingerprint density at radius 2 is 1.94 bits per heavy atom. The molecule has 0 radical (unpaired) electrons. The standard InChI is InChI=1S/C12H15NO3/c14-7-11(12(15)16)13-10-5-8-3-1-2-4-9(8)6-10/h1-4,10-11,13-14H,5-7H2,(H,15,16)/t11-/m0/s1. The quantitative estimate of drug-likeness (QED) is 0.679. The number of aliphatic hydroxyl groups excluding tert-OH is 1. The summed E-state index contributed by atoms with van der Waals surface area (Å²) in [6.07, 6.45) is 1.67. The number of aliphatic carboxylic acids is 1. The summed E-state index contributed by atoms with van der Waals surface area (Å²) in [7, 11) is 0. The van der Waals surface area contributed by atoms with E-state index in [-0.39, 0.29) is 12.6 Å². The number of rotatable bonds is 4. The van der Waals surface area contributed by atoms with Crippen LogP contribution in [0.3, 0.4) is 0 Å². The fourth-order valence-corrected chi connectivity index (χ4v) is 2.16. The van der Waals surface area contributed by atoms with E-state index < -0.39 is 12.0 Å². The van der Waals surface area contributed by atoms with Crippen LogP contribution in [0, 0.1) is 0 Å². The lowest BCUT2D eigenvalue weighted by Crippen LogP contribution is -2.46. The number of carboxylic acids is 1. The number of aliphatic hydroxyl groups is 1. The predicted octanol–water partition coefficient (Wildman–Crippen LogP) is 0.189. The van der Waals surface area contributed by atoms with E-state index in [2.05, 4.69) is 17.4 Å². The zero-order chi connectivity index (χ0) is 11.5. The van der Waals surface area contributed by atoms with Gasteiger partial charge in [0.1, 0.15) is 6.04 Å². The summed E-state index contributed by atoms with van der Waals surface area (Å²) in [5, 5.41) is 20.7. The largest absolute Gasteiger partial charge is 0.480 e. The molecule has 86 valence electrons. The van der Waals surface area contributed by atoms with Crippen LogP contribution in [0.15, 0.2) is 24.3 Å². The van der Waals surface area contributed by atoms with Gasteiger partial charge in [0.25, 0.3) is 0 Å². The smallest absolute Gasteiger partial charge is 0.323 e. The van der Waals surface area contributed by atoms with E-state index in [1.54, 1.807) is 0 Å². The van der Waals surface area contributed by atoms with E-state index in [4.69, 9.17) is 10.2 Å². The molecule has 0 fully saturated rings. The van der Waals surface area contributed by atoms with Crippen LogP contribution >= 0.6 is 0 Å². The van der Waals surface area contributed by atoms with Gasteiger partial charge in [0.2, 0.25) is 0 Å². The van der Waals surface area contributed by atoms with Crippen LogP contribution in [0.4, 0.5) is 0 Å². The topological polar surface area (TPSA) is 69.6 Å². The van der Waals surface area contributed by atoms with Crippen LogP contribution in [-0.2, 0) is 17.6 Å². The van der Waals surface area contributed by atoms with Crippen LogP contribution < -0.4 is 5.32 Å². The SMILES string of the molecule is O=C(O)[C@H](CO)NC1Cc2ccccc2C1. The number of carbonyl (C=O) groups is 1. The van der Waals surface area contributed by atoms with Gasteiger partial charge in [0.05, 0.1) is 6.61 Å². The highest BCUT2D eigenvalue weighted by atomic mass is 16.4. The summed E-state index contributed by atoms with van der Waals surface area (Å²) < 4.78 is 0. The van der Waals surface area contributed by atoms with Crippen molar-refractivity contribution in [3.8, 4) is 0 Å². The second-order valence-electron chi connectivity index (χ2n) is 4.11. The van der Waals surface area contributed by atoms with E-state index >= 15 is 0 Å². The Bertz CT molecular complexity index is 367. The molecule has 0 aliphatic heterocycles. The lowest BCUT2D eigenvalue weighted by Gasteiger charge is -2.17. The minimum absolute atomic E-state index is 0.116. The normalized spacial score (nSPS) is 17.1. The van der Waals surface area contributed by atoms with Crippen molar-refractivity contribution in [1.82, 2.24) is 5.32 Å². The molecule has 1 aliphatic carbocycles. The second-order valence-corrected chi connectivity index (χ2v) is 4.11. The van der Waals surface area contributed by atoms with Gasteiger partial charge in [-0.25, -0.2) is 0 Å². The number of benzene rings is 1. The molecule has 0 amide bonds. The summed E-state index contributed by atoms with van der Waals surface area (Å²) >= 11 is 0. The average molecular weight is 221 g/mol. The van der Waals surface area contributed by atoms with Gasteiger partial charge < -0.3 is 10.2 Å². The minimum Gasteiger partial charge on any atom is -0.480 e. The van der Waals surface area contributed by atoms with E-state index in [1.807, 2.05) is 12.1 Å². The molecule has 4 heteroatoms. The Kier molecular flexibility index (Phi) is 3.22. The highest BCUT2D eigenvalue weighted by Crippen LogP contribution is 2.21. The van der Waals surface area contributed by atoms with Gasteiger partial charge in [-0.15, -0.1) is 0 Å². The maximum atomic E-state index is 10.8. The molecule has 16 heavy (non-hydrogen) atoms. The van der Waals surface area contributed by atoms with Crippen LogP contribution in [0.2, 0.25) is 0 Å². The van der Waals surface area contributed by atoms with Crippen molar-refractivity contribution in [2.45, 2.75) is 24.9 Å². The molecule has 2 rings (SSSR count). The van der Waals surface area contributed by atoms with E-state index in [9.17, 15) is 4.79 Å². The highest BCUT2D eigenvalue weighted by Gasteiger charge is 2.25. The summed E-state index contributed by atoms with van der Waals surface area (Å²) in [6, 6.07) is 7.35.